The standard InChI is InChI=1S/C21H19F4N3O2S/c22-17-7-3-14(4-8-17)9-26-19(30)11-28-18(12-29)10-27-20(28)31-13-15-1-5-16(6-2-15)21(23,24)25/h1-8,10,29H,9,11-13H2,(H,26,30). The molecule has 0 spiro atoms. The number of aliphatic hydroxyl groups is 1. The molecule has 0 unspecified atom stereocenters. The zero-order valence-electron chi connectivity index (χ0n) is 16.2. The molecule has 1 aromatic heterocycles. The van der Waals surface area contributed by atoms with Crippen LogP contribution in [0.2, 0.25) is 0 Å². The highest BCUT2D eigenvalue weighted by atomic mass is 32.2. The molecule has 0 saturated carbocycles. The Kier molecular flexibility index (Phi) is 7.34. The van der Waals surface area contributed by atoms with Crippen molar-refractivity contribution in [3.8, 4) is 0 Å². The molecule has 1 amide bonds. The number of halogens is 4. The minimum absolute atomic E-state index is 0.0908. The Labute approximate surface area is 180 Å². The van der Waals surface area contributed by atoms with Crippen LogP contribution in [0.3, 0.4) is 0 Å². The second-order valence-electron chi connectivity index (χ2n) is 6.66. The van der Waals surface area contributed by atoms with Crippen molar-refractivity contribution in [2.24, 2.45) is 0 Å². The van der Waals surface area contributed by atoms with Crippen molar-refractivity contribution in [2.45, 2.75) is 36.8 Å². The maximum absolute atomic E-state index is 13.0. The molecule has 2 N–H and O–H groups in total. The zero-order chi connectivity index (χ0) is 22.4. The van der Waals surface area contributed by atoms with E-state index in [4.69, 9.17) is 0 Å². The Morgan fingerprint density at radius 2 is 1.71 bits per heavy atom. The largest absolute Gasteiger partial charge is 0.416 e. The van der Waals surface area contributed by atoms with Crippen LogP contribution in [0.4, 0.5) is 17.6 Å². The SMILES string of the molecule is O=C(Cn1c(CO)cnc1SCc1ccc(C(F)(F)F)cc1)NCc1ccc(F)cc1. The highest BCUT2D eigenvalue weighted by Gasteiger charge is 2.29. The van der Waals surface area contributed by atoms with Crippen LogP contribution < -0.4 is 5.32 Å². The number of hydrogen-bond acceptors (Lipinski definition) is 4. The van der Waals surface area contributed by atoms with Gasteiger partial charge in [0.2, 0.25) is 5.91 Å². The van der Waals surface area contributed by atoms with Crippen LogP contribution in [-0.4, -0.2) is 20.6 Å². The topological polar surface area (TPSA) is 67.2 Å². The number of carbonyl (C=O) groups is 1. The Bertz CT molecular complexity index is 1020. The molecule has 1 heterocycles. The molecule has 10 heteroatoms. The number of carbonyl (C=O) groups excluding carboxylic acids is 1. The summed E-state index contributed by atoms with van der Waals surface area (Å²) in [7, 11) is 0. The molecule has 0 bridgehead atoms. The van der Waals surface area contributed by atoms with Gasteiger partial charge < -0.3 is 15.0 Å². The van der Waals surface area contributed by atoms with Crippen molar-refractivity contribution < 1.29 is 27.5 Å². The van der Waals surface area contributed by atoms with Gasteiger partial charge in [0.25, 0.3) is 0 Å². The van der Waals surface area contributed by atoms with Gasteiger partial charge in [-0.3, -0.25) is 4.79 Å². The van der Waals surface area contributed by atoms with Crippen molar-refractivity contribution in [2.75, 3.05) is 0 Å². The lowest BCUT2D eigenvalue weighted by Crippen LogP contribution is -2.28. The normalized spacial score (nSPS) is 11.5. The van der Waals surface area contributed by atoms with E-state index >= 15 is 0 Å². The van der Waals surface area contributed by atoms with E-state index in [9.17, 15) is 27.5 Å². The maximum Gasteiger partial charge on any atom is 0.416 e. The van der Waals surface area contributed by atoms with E-state index in [1.807, 2.05) is 0 Å². The lowest BCUT2D eigenvalue weighted by molar-refractivity contribution is -0.137. The van der Waals surface area contributed by atoms with E-state index in [1.165, 1.54) is 42.2 Å². The molecule has 31 heavy (non-hydrogen) atoms. The van der Waals surface area contributed by atoms with Crippen LogP contribution >= 0.6 is 11.8 Å². The van der Waals surface area contributed by atoms with Gasteiger partial charge in [-0.15, -0.1) is 0 Å². The highest BCUT2D eigenvalue weighted by Crippen LogP contribution is 2.30. The van der Waals surface area contributed by atoms with E-state index < -0.39 is 11.7 Å². The van der Waals surface area contributed by atoms with Gasteiger partial charge in [-0.05, 0) is 35.4 Å². The summed E-state index contributed by atoms with van der Waals surface area (Å²) in [6, 6.07) is 10.6. The molecule has 3 rings (SSSR count). The predicted molar refractivity (Wildman–Crippen MR) is 107 cm³/mol. The van der Waals surface area contributed by atoms with Gasteiger partial charge in [0, 0.05) is 12.3 Å². The third-order valence-electron chi connectivity index (χ3n) is 4.42. The summed E-state index contributed by atoms with van der Waals surface area (Å²) in [5.74, 6) is -0.346. The number of nitrogens with zero attached hydrogens (tertiary/aromatic N) is 2. The molecule has 0 aliphatic rings. The Morgan fingerprint density at radius 1 is 1.06 bits per heavy atom. The summed E-state index contributed by atoms with van der Waals surface area (Å²) >= 11 is 1.25. The second kappa shape index (κ2) is 9.97. The molecule has 2 aromatic carbocycles. The van der Waals surface area contributed by atoms with Gasteiger partial charge in [-0.2, -0.15) is 13.2 Å². The number of alkyl halides is 3. The van der Waals surface area contributed by atoms with Gasteiger partial charge in [-0.1, -0.05) is 36.0 Å². The molecule has 3 aromatic rings. The number of benzene rings is 2. The van der Waals surface area contributed by atoms with Gasteiger partial charge in [0.1, 0.15) is 12.4 Å². The lowest BCUT2D eigenvalue weighted by Gasteiger charge is -2.12. The number of amides is 1. The van der Waals surface area contributed by atoms with Gasteiger partial charge in [0.15, 0.2) is 5.16 Å². The van der Waals surface area contributed by atoms with Crippen molar-refractivity contribution in [1.82, 2.24) is 14.9 Å². The lowest BCUT2D eigenvalue weighted by atomic mass is 10.1. The Morgan fingerprint density at radius 3 is 2.32 bits per heavy atom. The van der Waals surface area contributed by atoms with Gasteiger partial charge >= 0.3 is 6.18 Å². The number of thioether (sulfide) groups is 1. The second-order valence-corrected chi connectivity index (χ2v) is 7.61. The molecule has 0 aliphatic heterocycles. The minimum atomic E-state index is -4.39. The third kappa shape index (κ3) is 6.31. The fourth-order valence-electron chi connectivity index (χ4n) is 2.74. The van der Waals surface area contributed by atoms with Gasteiger partial charge in [-0.25, -0.2) is 9.37 Å². The molecule has 0 atom stereocenters. The Balaban J connectivity index is 1.61. The molecule has 5 nitrogen and oxygen atoms in total. The number of nitrogens with one attached hydrogen (secondary N) is 1. The van der Waals surface area contributed by atoms with Crippen LogP contribution in [0.25, 0.3) is 0 Å². The van der Waals surface area contributed by atoms with E-state index in [0.717, 1.165) is 17.7 Å². The summed E-state index contributed by atoms with van der Waals surface area (Å²) in [5.41, 5.74) is 1.12. The summed E-state index contributed by atoms with van der Waals surface area (Å²) in [6.45, 7) is -0.193. The number of aromatic nitrogens is 2. The fraction of sp³-hybridized carbons (Fsp3) is 0.238. The molecular formula is C21H19F4N3O2S. The van der Waals surface area contributed by atoms with Crippen LogP contribution in [0.15, 0.2) is 59.9 Å². The molecule has 164 valence electrons. The first kappa shape index (κ1) is 22.8. The summed E-state index contributed by atoms with van der Waals surface area (Å²) in [6.07, 6.45) is -2.94. The number of aliphatic hydroxyl groups excluding tert-OH is 1. The first-order valence-electron chi connectivity index (χ1n) is 9.21. The highest BCUT2D eigenvalue weighted by molar-refractivity contribution is 7.98. The number of hydrogen-bond donors (Lipinski definition) is 2. The monoisotopic (exact) mass is 453 g/mol. The van der Waals surface area contributed by atoms with Crippen molar-refractivity contribution >= 4 is 17.7 Å². The first-order chi connectivity index (χ1) is 14.8. The van der Waals surface area contributed by atoms with Crippen molar-refractivity contribution in [3.63, 3.8) is 0 Å². The van der Waals surface area contributed by atoms with Gasteiger partial charge in [0.05, 0.1) is 24.1 Å². The average Bonchev–Trinajstić information content (AvgIpc) is 3.13. The fourth-order valence-corrected chi connectivity index (χ4v) is 3.70. The van der Waals surface area contributed by atoms with Crippen molar-refractivity contribution in [3.05, 3.63) is 82.9 Å². The molecule has 0 aliphatic carbocycles. The van der Waals surface area contributed by atoms with E-state index in [2.05, 4.69) is 10.3 Å². The zero-order valence-corrected chi connectivity index (χ0v) is 17.0. The van der Waals surface area contributed by atoms with Crippen LogP contribution in [0.1, 0.15) is 22.4 Å². The van der Waals surface area contributed by atoms with E-state index in [-0.39, 0.29) is 31.4 Å². The molecule has 0 radical (unpaired) electrons. The van der Waals surface area contributed by atoms with E-state index in [0.29, 0.717) is 22.2 Å². The van der Waals surface area contributed by atoms with Crippen molar-refractivity contribution in [1.29, 1.82) is 0 Å². The first-order valence-corrected chi connectivity index (χ1v) is 10.2. The van der Waals surface area contributed by atoms with Crippen LogP contribution in [-0.2, 0) is 36.4 Å². The minimum Gasteiger partial charge on any atom is -0.390 e. The average molecular weight is 453 g/mol. The van der Waals surface area contributed by atoms with E-state index in [1.54, 1.807) is 16.7 Å². The quantitative estimate of drug-likeness (QED) is 0.397. The molecular weight excluding hydrogens is 434 g/mol. The summed E-state index contributed by atoms with van der Waals surface area (Å²) in [4.78, 5) is 16.5. The maximum atomic E-state index is 13.0. The number of rotatable bonds is 8. The summed E-state index contributed by atoms with van der Waals surface area (Å²) < 4.78 is 52.5. The Hall–Kier alpha value is -2.85. The molecule has 0 saturated heterocycles. The predicted octanol–water partition coefficient (Wildman–Crippen LogP) is 4.14. The third-order valence-corrected chi connectivity index (χ3v) is 5.48. The van der Waals surface area contributed by atoms with Crippen LogP contribution in [0, 0.1) is 5.82 Å². The summed E-state index contributed by atoms with van der Waals surface area (Å²) in [5, 5.41) is 12.7. The smallest absolute Gasteiger partial charge is 0.390 e. The number of imidazole rings is 1. The van der Waals surface area contributed by atoms with Crippen LogP contribution in [0.5, 0.6) is 0 Å². The molecule has 0 fully saturated rings.